The van der Waals surface area contributed by atoms with E-state index < -0.39 is 12.8 Å². The predicted molar refractivity (Wildman–Crippen MR) is 176 cm³/mol. The van der Waals surface area contributed by atoms with Gasteiger partial charge < -0.3 is 45.0 Å². The zero-order valence-electron chi connectivity index (χ0n) is 26.7. The molecule has 0 spiro atoms. The fraction of sp³-hybridized carbons (Fsp3) is 0.375. The average Bonchev–Trinajstić information content (AvgIpc) is 3.13. The van der Waals surface area contributed by atoms with E-state index in [9.17, 15) is 13.2 Å². The van der Waals surface area contributed by atoms with Gasteiger partial charge in [0.15, 0.2) is 12.4 Å². The van der Waals surface area contributed by atoms with Gasteiger partial charge in [0.1, 0.15) is 0 Å². The summed E-state index contributed by atoms with van der Waals surface area (Å²) in [7, 11) is 3.11. The van der Waals surface area contributed by atoms with Crippen LogP contribution in [0.2, 0.25) is 5.02 Å². The van der Waals surface area contributed by atoms with Crippen molar-refractivity contribution >= 4 is 34.9 Å². The summed E-state index contributed by atoms with van der Waals surface area (Å²) in [5.41, 5.74) is 3.55. The minimum Gasteiger partial charge on any atom is -0.481 e. The van der Waals surface area contributed by atoms with E-state index in [2.05, 4.69) is 45.9 Å². The van der Waals surface area contributed by atoms with Crippen LogP contribution in [0.25, 0.3) is 0 Å². The zero-order chi connectivity index (χ0) is 34.6. The summed E-state index contributed by atoms with van der Waals surface area (Å²) in [6.07, 6.45) is -2.05. The Morgan fingerprint density at radius 1 is 0.816 bits per heavy atom. The number of nitrogens with one attached hydrogen (secondary N) is 4. The van der Waals surface area contributed by atoms with E-state index in [-0.39, 0.29) is 23.9 Å². The highest BCUT2D eigenvalue weighted by atomic mass is 35.5. The first-order valence-corrected chi connectivity index (χ1v) is 15.6. The van der Waals surface area contributed by atoms with Gasteiger partial charge in [0.25, 0.3) is 0 Å². The molecule has 4 N–H and O–H groups in total. The monoisotopic (exact) mass is 704 g/mol. The third-order valence-corrected chi connectivity index (χ3v) is 7.45. The lowest BCUT2D eigenvalue weighted by Crippen LogP contribution is -2.33. The Morgan fingerprint density at radius 3 is 1.94 bits per heavy atom. The molecule has 262 valence electrons. The number of methoxy groups -OCH3 is 2. The minimum atomic E-state index is -4.41. The molecule has 4 aromatic rings. The van der Waals surface area contributed by atoms with Crippen LogP contribution in [0.1, 0.15) is 23.3 Å². The average molecular weight is 705 g/mol. The first-order valence-electron chi connectivity index (χ1n) is 15.3. The number of alkyl halides is 3. The summed E-state index contributed by atoms with van der Waals surface area (Å²) in [5.74, 6) is 1.42. The lowest BCUT2D eigenvalue weighted by molar-refractivity contribution is -0.153. The third-order valence-electron chi connectivity index (χ3n) is 7.13. The van der Waals surface area contributed by atoms with Crippen molar-refractivity contribution < 1.29 is 36.9 Å². The van der Waals surface area contributed by atoms with Gasteiger partial charge in [-0.05, 0) is 35.4 Å². The highest BCUT2D eigenvalue weighted by molar-refractivity contribution is 6.33. The molecule has 0 saturated carbocycles. The number of anilines is 4. The molecule has 0 unspecified atom stereocenters. The second kappa shape index (κ2) is 17.3. The first-order chi connectivity index (χ1) is 23.7. The van der Waals surface area contributed by atoms with Crippen LogP contribution >= 0.6 is 11.6 Å². The lowest BCUT2D eigenvalue weighted by atomic mass is 10.1. The van der Waals surface area contributed by atoms with Gasteiger partial charge in [-0.25, -0.2) is 9.97 Å². The van der Waals surface area contributed by atoms with Crippen LogP contribution in [0, 0.1) is 0 Å². The van der Waals surface area contributed by atoms with E-state index in [1.54, 1.807) is 32.4 Å². The van der Waals surface area contributed by atoms with Crippen LogP contribution in [0.3, 0.4) is 0 Å². The standard InChI is InChI=1S/C16H16ClF3N4O2.C16H20N4O3/c17-12-5-10(14-8-21-3-4-25-14)1-2-13(12)24-15-22-6-11(7-23-15)26-9-16(18,19)20;1-21-14-9-15(22-2)20-16(19-14)18-12-5-3-11(4-6-12)13-10-17-7-8-23-13/h1-2,5-7,14,21H,3-4,8-9H2,(H,22,23,24);3-6,9,13,17H,7-8,10H2,1-2H3,(H,18,19,20)/t14-;13-/m00/s1. The van der Waals surface area contributed by atoms with Crippen molar-refractivity contribution in [3.63, 3.8) is 0 Å². The van der Waals surface area contributed by atoms with Gasteiger partial charge in [-0.15, -0.1) is 0 Å². The Hall–Kier alpha value is -4.48. The van der Waals surface area contributed by atoms with Crippen LogP contribution in [0.4, 0.5) is 36.4 Å². The number of hydrogen-bond acceptors (Lipinski definition) is 13. The molecule has 2 aliphatic heterocycles. The summed E-state index contributed by atoms with van der Waals surface area (Å²) in [6.45, 7) is 3.26. The maximum absolute atomic E-state index is 12.1. The van der Waals surface area contributed by atoms with Crippen molar-refractivity contribution in [2.75, 3.05) is 70.9 Å². The number of nitrogens with zero attached hydrogens (tertiary/aromatic N) is 4. The van der Waals surface area contributed by atoms with Crippen molar-refractivity contribution in [2.24, 2.45) is 0 Å². The van der Waals surface area contributed by atoms with E-state index >= 15 is 0 Å². The van der Waals surface area contributed by atoms with Crippen molar-refractivity contribution in [1.29, 1.82) is 0 Å². The van der Waals surface area contributed by atoms with Crippen LogP contribution in [0.15, 0.2) is 60.9 Å². The van der Waals surface area contributed by atoms with Gasteiger partial charge in [-0.3, -0.25) is 0 Å². The molecule has 2 saturated heterocycles. The molecule has 49 heavy (non-hydrogen) atoms. The summed E-state index contributed by atoms with van der Waals surface area (Å²) in [4.78, 5) is 16.3. The maximum atomic E-state index is 12.1. The fourth-order valence-corrected chi connectivity index (χ4v) is 4.95. The highest BCUT2D eigenvalue weighted by Crippen LogP contribution is 2.30. The number of rotatable bonds is 10. The molecular formula is C32H36ClF3N8O5. The largest absolute Gasteiger partial charge is 0.481 e. The molecule has 0 amide bonds. The van der Waals surface area contributed by atoms with E-state index in [1.807, 2.05) is 30.3 Å². The summed E-state index contributed by atoms with van der Waals surface area (Å²) in [5, 5.41) is 13.1. The first kappa shape index (κ1) is 35.8. The molecule has 13 nitrogen and oxygen atoms in total. The van der Waals surface area contributed by atoms with Gasteiger partial charge in [0, 0.05) is 31.9 Å². The van der Waals surface area contributed by atoms with E-state index in [1.165, 1.54) is 0 Å². The molecule has 2 atom stereocenters. The summed E-state index contributed by atoms with van der Waals surface area (Å²) >= 11 is 6.29. The molecule has 0 aliphatic carbocycles. The maximum Gasteiger partial charge on any atom is 0.422 e. The molecule has 0 bridgehead atoms. The Morgan fingerprint density at radius 2 is 1.41 bits per heavy atom. The lowest BCUT2D eigenvalue weighted by Gasteiger charge is -2.24. The van der Waals surface area contributed by atoms with Gasteiger partial charge in [0.2, 0.25) is 23.7 Å². The normalized spacial score (nSPS) is 17.7. The second-order valence-electron chi connectivity index (χ2n) is 10.7. The Balaban J connectivity index is 0.000000192. The number of hydrogen-bond donors (Lipinski definition) is 4. The van der Waals surface area contributed by atoms with Crippen molar-refractivity contribution in [2.45, 2.75) is 18.4 Å². The molecule has 6 rings (SSSR count). The Labute approximate surface area is 285 Å². The molecule has 2 aliphatic rings. The molecule has 0 radical (unpaired) electrons. The van der Waals surface area contributed by atoms with E-state index in [0.717, 1.165) is 55.4 Å². The smallest absolute Gasteiger partial charge is 0.422 e. The topological polar surface area (TPSA) is 146 Å². The third kappa shape index (κ3) is 11.0. The SMILES string of the molecule is COc1cc(OC)nc(Nc2ccc([C@@H]3CNCCO3)cc2)n1.FC(F)(F)COc1cnc(Nc2ccc([C@@H]3CNCCO3)cc2Cl)nc1. The van der Waals surface area contributed by atoms with Crippen molar-refractivity contribution in [3.8, 4) is 17.5 Å². The van der Waals surface area contributed by atoms with Crippen LogP contribution in [0.5, 0.6) is 17.5 Å². The highest BCUT2D eigenvalue weighted by Gasteiger charge is 2.28. The van der Waals surface area contributed by atoms with Crippen LogP contribution in [-0.4, -0.2) is 86.3 Å². The number of benzene rings is 2. The van der Waals surface area contributed by atoms with Gasteiger partial charge in [0.05, 0.1) is 68.8 Å². The fourth-order valence-electron chi connectivity index (χ4n) is 4.71. The molecular weight excluding hydrogens is 669 g/mol. The van der Waals surface area contributed by atoms with E-state index in [0.29, 0.717) is 41.6 Å². The quantitative estimate of drug-likeness (QED) is 0.168. The van der Waals surface area contributed by atoms with E-state index in [4.69, 9.17) is 30.5 Å². The number of morpholine rings is 2. The Bertz CT molecular complexity index is 1600. The summed E-state index contributed by atoms with van der Waals surface area (Å²) in [6, 6.07) is 15.1. The van der Waals surface area contributed by atoms with Crippen LogP contribution < -0.4 is 35.5 Å². The van der Waals surface area contributed by atoms with Gasteiger partial charge in [-0.1, -0.05) is 29.8 Å². The number of halogens is 4. The summed E-state index contributed by atoms with van der Waals surface area (Å²) < 4.78 is 62.6. The minimum absolute atomic E-state index is 0.0587. The zero-order valence-corrected chi connectivity index (χ0v) is 27.5. The number of aromatic nitrogens is 4. The predicted octanol–water partition coefficient (Wildman–Crippen LogP) is 5.37. The van der Waals surface area contributed by atoms with Gasteiger partial charge >= 0.3 is 6.18 Å². The molecule has 2 aromatic heterocycles. The second-order valence-corrected chi connectivity index (χ2v) is 11.1. The molecule has 4 heterocycles. The van der Waals surface area contributed by atoms with Gasteiger partial charge in [-0.2, -0.15) is 23.1 Å². The van der Waals surface area contributed by atoms with Crippen LogP contribution in [-0.2, 0) is 9.47 Å². The van der Waals surface area contributed by atoms with Crippen molar-refractivity contribution in [3.05, 3.63) is 77.1 Å². The van der Waals surface area contributed by atoms with Crippen molar-refractivity contribution in [1.82, 2.24) is 30.6 Å². The number of ether oxygens (including phenoxy) is 5. The Kier molecular flexibility index (Phi) is 12.6. The molecule has 2 aromatic carbocycles. The molecule has 17 heteroatoms. The molecule has 2 fully saturated rings.